The predicted molar refractivity (Wildman–Crippen MR) is 114 cm³/mol. The second-order valence-corrected chi connectivity index (χ2v) is 6.62. The van der Waals surface area contributed by atoms with Crippen LogP contribution in [-0.4, -0.2) is 25.8 Å². The molecule has 2 amide bonds. The summed E-state index contributed by atoms with van der Waals surface area (Å²) in [5.74, 6) is 1.02. The third-order valence-electron chi connectivity index (χ3n) is 4.59. The molecule has 2 heterocycles. The van der Waals surface area contributed by atoms with Gasteiger partial charge in [0.2, 0.25) is 5.88 Å². The number of aryl methyl sites for hydroxylation is 1. The lowest BCUT2D eigenvalue weighted by Crippen LogP contribution is -2.20. The average Bonchev–Trinajstić information content (AvgIpc) is 3.28. The van der Waals surface area contributed by atoms with E-state index >= 15 is 0 Å². The number of amides is 2. The Morgan fingerprint density at radius 2 is 1.83 bits per heavy atom. The number of nitrogens with one attached hydrogen (secondary N) is 2. The highest BCUT2D eigenvalue weighted by atomic mass is 16.5. The highest BCUT2D eigenvalue weighted by Crippen LogP contribution is 2.30. The quantitative estimate of drug-likeness (QED) is 0.506. The van der Waals surface area contributed by atoms with Gasteiger partial charge in [0.25, 0.3) is 0 Å². The van der Waals surface area contributed by atoms with Gasteiger partial charge in [0.15, 0.2) is 0 Å². The Hall–Kier alpha value is -4.20. The van der Waals surface area contributed by atoms with Crippen LogP contribution in [0.5, 0.6) is 11.6 Å². The zero-order chi connectivity index (χ0) is 20.9. The number of anilines is 2. The van der Waals surface area contributed by atoms with Gasteiger partial charge < -0.3 is 15.4 Å². The highest BCUT2D eigenvalue weighted by molar-refractivity contribution is 6.00. The lowest BCUT2D eigenvalue weighted by Gasteiger charge is -2.14. The largest absolute Gasteiger partial charge is 0.437 e. The fourth-order valence-electron chi connectivity index (χ4n) is 2.83. The summed E-state index contributed by atoms with van der Waals surface area (Å²) in [6, 6.07) is 16.1. The molecule has 2 N–H and O–H groups in total. The molecule has 8 heteroatoms. The minimum atomic E-state index is -0.401. The van der Waals surface area contributed by atoms with Gasteiger partial charge in [-0.1, -0.05) is 12.1 Å². The van der Waals surface area contributed by atoms with Crippen molar-refractivity contribution >= 4 is 17.4 Å². The van der Waals surface area contributed by atoms with E-state index in [0.717, 1.165) is 16.8 Å². The van der Waals surface area contributed by atoms with Crippen molar-refractivity contribution in [2.45, 2.75) is 13.8 Å². The van der Waals surface area contributed by atoms with Gasteiger partial charge in [0.1, 0.15) is 24.1 Å². The molecule has 30 heavy (non-hydrogen) atoms. The van der Waals surface area contributed by atoms with Crippen LogP contribution in [0.15, 0.2) is 73.4 Å². The van der Waals surface area contributed by atoms with Crippen molar-refractivity contribution in [3.8, 4) is 17.3 Å². The molecule has 150 valence electrons. The van der Waals surface area contributed by atoms with Crippen molar-refractivity contribution in [2.75, 3.05) is 10.6 Å². The van der Waals surface area contributed by atoms with Gasteiger partial charge in [-0.25, -0.2) is 19.4 Å². The number of rotatable bonds is 5. The van der Waals surface area contributed by atoms with Crippen LogP contribution >= 0.6 is 0 Å². The zero-order valence-electron chi connectivity index (χ0n) is 16.5. The first-order chi connectivity index (χ1) is 14.6. The van der Waals surface area contributed by atoms with E-state index in [1.54, 1.807) is 41.5 Å². The number of nitrogens with zero attached hydrogens (tertiary/aromatic N) is 4. The summed E-state index contributed by atoms with van der Waals surface area (Å²) in [5, 5.41) is 9.66. The second kappa shape index (κ2) is 8.44. The van der Waals surface area contributed by atoms with Gasteiger partial charge >= 0.3 is 6.03 Å². The zero-order valence-corrected chi connectivity index (χ0v) is 16.5. The third-order valence-corrected chi connectivity index (χ3v) is 4.59. The summed E-state index contributed by atoms with van der Waals surface area (Å²) in [6.07, 6.45) is 4.69. The van der Waals surface area contributed by atoms with E-state index < -0.39 is 6.03 Å². The topological polar surface area (TPSA) is 94.0 Å². The number of carbonyl (C=O) groups is 1. The highest BCUT2D eigenvalue weighted by Gasteiger charge is 2.12. The van der Waals surface area contributed by atoms with E-state index in [9.17, 15) is 4.79 Å². The van der Waals surface area contributed by atoms with Crippen molar-refractivity contribution in [3.05, 3.63) is 84.6 Å². The van der Waals surface area contributed by atoms with Crippen molar-refractivity contribution < 1.29 is 9.53 Å². The Bertz CT molecular complexity index is 1160. The summed E-state index contributed by atoms with van der Waals surface area (Å²) < 4.78 is 7.60. The SMILES string of the molecule is Cc1cccc(Oc2ncccc2NC(=O)Nc2ccc(-n3cncn3)cc2)c1C. The Morgan fingerprint density at radius 1 is 1.00 bits per heavy atom. The van der Waals surface area contributed by atoms with Gasteiger partial charge in [-0.3, -0.25) is 0 Å². The average molecular weight is 400 g/mol. The first kappa shape index (κ1) is 19.1. The minimum Gasteiger partial charge on any atom is -0.437 e. The van der Waals surface area contributed by atoms with Crippen LogP contribution in [0.3, 0.4) is 0 Å². The molecule has 8 nitrogen and oxygen atoms in total. The van der Waals surface area contributed by atoms with E-state index in [0.29, 0.717) is 23.0 Å². The molecule has 0 aliphatic carbocycles. The van der Waals surface area contributed by atoms with Gasteiger partial charge in [-0.2, -0.15) is 5.10 Å². The first-order valence-electron chi connectivity index (χ1n) is 9.32. The summed E-state index contributed by atoms with van der Waals surface area (Å²) >= 11 is 0. The number of urea groups is 1. The molecule has 4 aromatic rings. The summed E-state index contributed by atoms with van der Waals surface area (Å²) in [7, 11) is 0. The van der Waals surface area contributed by atoms with Crippen molar-refractivity contribution in [3.63, 3.8) is 0 Å². The molecule has 2 aromatic heterocycles. The maximum absolute atomic E-state index is 12.5. The van der Waals surface area contributed by atoms with Gasteiger partial charge in [0.05, 0.1) is 5.69 Å². The lowest BCUT2D eigenvalue weighted by molar-refractivity contribution is 0.262. The van der Waals surface area contributed by atoms with Crippen molar-refractivity contribution in [2.24, 2.45) is 0 Å². The number of benzene rings is 2. The summed E-state index contributed by atoms with van der Waals surface area (Å²) in [5.41, 5.74) is 4.08. The van der Waals surface area contributed by atoms with Crippen LogP contribution < -0.4 is 15.4 Å². The van der Waals surface area contributed by atoms with Gasteiger partial charge in [-0.05, 0) is 67.4 Å². The molecular formula is C22H20N6O2. The van der Waals surface area contributed by atoms with Crippen LogP contribution in [0.2, 0.25) is 0 Å². The Labute approximate surface area is 173 Å². The smallest absolute Gasteiger partial charge is 0.323 e. The van der Waals surface area contributed by atoms with Gasteiger partial charge in [-0.15, -0.1) is 0 Å². The summed E-state index contributed by atoms with van der Waals surface area (Å²) in [6.45, 7) is 4.00. The standard InChI is InChI=1S/C22H20N6O2/c1-15-5-3-7-20(16(15)2)30-21-19(6-4-12-24-21)27-22(29)26-17-8-10-18(11-9-17)28-14-23-13-25-28/h3-14H,1-2H3,(H2,26,27,29). The first-order valence-corrected chi connectivity index (χ1v) is 9.32. The van der Waals surface area contributed by atoms with E-state index in [4.69, 9.17) is 4.74 Å². The maximum atomic E-state index is 12.5. The Kier molecular flexibility index (Phi) is 5.38. The lowest BCUT2D eigenvalue weighted by atomic mass is 10.1. The fraction of sp³-hybridized carbons (Fsp3) is 0.0909. The Balaban J connectivity index is 1.45. The molecule has 0 aliphatic rings. The molecule has 0 radical (unpaired) electrons. The van der Waals surface area contributed by atoms with E-state index in [2.05, 4.69) is 25.7 Å². The molecule has 0 unspecified atom stereocenters. The molecule has 0 saturated carbocycles. The minimum absolute atomic E-state index is 0.322. The van der Waals surface area contributed by atoms with E-state index in [1.807, 2.05) is 44.2 Å². The predicted octanol–water partition coefficient (Wildman–Crippen LogP) is 4.72. The molecule has 0 saturated heterocycles. The molecule has 0 atom stereocenters. The van der Waals surface area contributed by atoms with E-state index in [-0.39, 0.29) is 0 Å². The number of carbonyl (C=O) groups excluding carboxylic acids is 1. The normalized spacial score (nSPS) is 10.5. The van der Waals surface area contributed by atoms with Crippen LogP contribution in [0, 0.1) is 13.8 Å². The van der Waals surface area contributed by atoms with Crippen LogP contribution in [0.4, 0.5) is 16.2 Å². The molecular weight excluding hydrogens is 380 g/mol. The number of ether oxygens (including phenoxy) is 1. The molecule has 4 rings (SSSR count). The number of hydrogen-bond donors (Lipinski definition) is 2. The number of hydrogen-bond acceptors (Lipinski definition) is 5. The molecule has 0 aliphatic heterocycles. The summed E-state index contributed by atoms with van der Waals surface area (Å²) in [4.78, 5) is 20.7. The van der Waals surface area contributed by atoms with E-state index in [1.165, 1.54) is 6.33 Å². The van der Waals surface area contributed by atoms with Crippen LogP contribution in [-0.2, 0) is 0 Å². The second-order valence-electron chi connectivity index (χ2n) is 6.62. The molecule has 2 aromatic carbocycles. The van der Waals surface area contributed by atoms with Crippen molar-refractivity contribution in [1.29, 1.82) is 0 Å². The van der Waals surface area contributed by atoms with Crippen LogP contribution in [0.1, 0.15) is 11.1 Å². The maximum Gasteiger partial charge on any atom is 0.323 e. The molecule has 0 spiro atoms. The van der Waals surface area contributed by atoms with Gasteiger partial charge in [0, 0.05) is 11.9 Å². The van der Waals surface area contributed by atoms with Crippen molar-refractivity contribution in [1.82, 2.24) is 19.7 Å². The monoisotopic (exact) mass is 400 g/mol. The molecule has 0 bridgehead atoms. The Morgan fingerprint density at radius 3 is 2.60 bits per heavy atom. The fourth-order valence-corrected chi connectivity index (χ4v) is 2.83. The number of aromatic nitrogens is 4. The number of pyridine rings is 1. The third kappa shape index (κ3) is 4.27. The molecule has 0 fully saturated rings. The van der Waals surface area contributed by atoms with Crippen LogP contribution in [0.25, 0.3) is 5.69 Å².